The Morgan fingerprint density at radius 3 is 2.57 bits per heavy atom. The van der Waals surface area contributed by atoms with E-state index in [1.165, 1.54) is 0 Å². The minimum Gasteiger partial charge on any atom is -0.488 e. The van der Waals surface area contributed by atoms with Crippen LogP contribution in [0, 0.1) is 5.82 Å². The molecule has 0 unspecified atom stereocenters. The minimum atomic E-state index is -0.406. The average Bonchev–Trinajstić information content (AvgIpc) is 2.90. The summed E-state index contributed by atoms with van der Waals surface area (Å²) in [5.41, 5.74) is 10.6. The van der Waals surface area contributed by atoms with Crippen LogP contribution >= 0.6 is 0 Å². The number of nitrogens with zero attached hydrogens (tertiary/aromatic N) is 1. The van der Waals surface area contributed by atoms with Gasteiger partial charge >= 0.3 is 0 Å². The van der Waals surface area contributed by atoms with Gasteiger partial charge in [-0.2, -0.15) is 0 Å². The number of benzene rings is 3. The van der Waals surface area contributed by atoms with Crippen molar-refractivity contribution in [3.8, 4) is 16.9 Å². The summed E-state index contributed by atoms with van der Waals surface area (Å²) in [5, 5.41) is 0. The lowest BCUT2D eigenvalue weighted by Gasteiger charge is -2.48. The van der Waals surface area contributed by atoms with Crippen LogP contribution in [0.25, 0.3) is 11.1 Å². The molecule has 1 spiro atoms. The second-order valence-corrected chi connectivity index (χ2v) is 9.96. The van der Waals surface area contributed by atoms with Gasteiger partial charge in [-0.1, -0.05) is 36.4 Å². The molecule has 5 rings (SSSR count). The van der Waals surface area contributed by atoms with Gasteiger partial charge in [0.1, 0.15) is 24.8 Å². The molecule has 3 aromatic rings. The van der Waals surface area contributed by atoms with Crippen molar-refractivity contribution in [3.63, 3.8) is 0 Å². The van der Waals surface area contributed by atoms with Crippen molar-refractivity contribution >= 4 is 12.2 Å². The number of carbonyl (C=O) groups excluding carboxylic acids is 1. The van der Waals surface area contributed by atoms with Crippen LogP contribution in [0.3, 0.4) is 0 Å². The predicted molar refractivity (Wildman–Crippen MR) is 141 cm³/mol. The van der Waals surface area contributed by atoms with Crippen molar-refractivity contribution in [2.75, 3.05) is 24.6 Å². The lowest BCUT2D eigenvalue weighted by Crippen LogP contribution is -2.52. The second-order valence-electron chi connectivity index (χ2n) is 9.96. The van der Waals surface area contributed by atoms with E-state index < -0.39 is 6.04 Å². The Labute approximate surface area is 217 Å². The molecule has 0 amide bonds. The Morgan fingerprint density at radius 1 is 1.08 bits per heavy atom. The highest BCUT2D eigenvalue weighted by Gasteiger charge is 2.41. The maximum atomic E-state index is 15.5. The summed E-state index contributed by atoms with van der Waals surface area (Å²) in [5.74, 6) is 0.349. The van der Waals surface area contributed by atoms with Gasteiger partial charge in [0, 0.05) is 41.5 Å². The molecule has 37 heavy (non-hydrogen) atoms. The molecule has 0 saturated carbocycles. The number of carbonyl (C=O) groups is 1. The fraction of sp³-hybridized carbons (Fsp3) is 0.367. The molecule has 2 fully saturated rings. The molecule has 2 aliphatic rings. The summed E-state index contributed by atoms with van der Waals surface area (Å²) >= 11 is 0. The average molecular weight is 505 g/mol. The topological polar surface area (TPSA) is 74.0 Å². The lowest BCUT2D eigenvalue weighted by molar-refractivity contribution is -0.158. The van der Waals surface area contributed by atoms with Crippen LogP contribution in [0.5, 0.6) is 5.75 Å². The number of rotatable bonds is 9. The van der Waals surface area contributed by atoms with Gasteiger partial charge in [-0.05, 0) is 61.6 Å². The Balaban J connectivity index is 1.46. The molecule has 2 saturated heterocycles. The summed E-state index contributed by atoms with van der Waals surface area (Å²) in [6, 6.07) is 18.6. The van der Waals surface area contributed by atoms with Crippen LogP contribution in [0.1, 0.15) is 48.9 Å². The zero-order valence-electron chi connectivity index (χ0n) is 21.1. The molecule has 2 aliphatic heterocycles. The molecule has 0 radical (unpaired) electrons. The molecular weight excluding hydrogens is 471 g/mol. The maximum Gasteiger partial charge on any atom is 0.293 e. The summed E-state index contributed by atoms with van der Waals surface area (Å²) in [7, 11) is 0. The molecule has 2 N–H and O–H groups in total. The van der Waals surface area contributed by atoms with Gasteiger partial charge in [0.05, 0.1) is 12.2 Å². The largest absolute Gasteiger partial charge is 0.488 e. The Morgan fingerprint density at radius 2 is 1.86 bits per heavy atom. The third kappa shape index (κ3) is 5.48. The number of halogens is 1. The van der Waals surface area contributed by atoms with E-state index in [1.807, 2.05) is 36.4 Å². The quantitative estimate of drug-likeness (QED) is 0.387. The Kier molecular flexibility index (Phi) is 7.44. The van der Waals surface area contributed by atoms with Gasteiger partial charge in [-0.3, -0.25) is 4.79 Å². The number of hydrogen-bond donors (Lipinski definition) is 1. The van der Waals surface area contributed by atoms with Crippen molar-refractivity contribution in [2.24, 2.45) is 5.73 Å². The molecule has 2 heterocycles. The van der Waals surface area contributed by atoms with Crippen molar-refractivity contribution in [3.05, 3.63) is 83.2 Å². The van der Waals surface area contributed by atoms with Gasteiger partial charge in [0.15, 0.2) is 0 Å². The van der Waals surface area contributed by atoms with E-state index in [9.17, 15) is 4.79 Å². The first-order valence-electron chi connectivity index (χ1n) is 12.8. The second kappa shape index (κ2) is 10.9. The normalized spacial score (nSPS) is 17.2. The first kappa shape index (κ1) is 25.2. The van der Waals surface area contributed by atoms with Gasteiger partial charge in [0.2, 0.25) is 0 Å². The van der Waals surface area contributed by atoms with Crippen LogP contribution in [-0.2, 0) is 27.5 Å². The van der Waals surface area contributed by atoms with Crippen molar-refractivity contribution < 1.29 is 23.4 Å². The number of piperidine rings is 1. The lowest BCUT2D eigenvalue weighted by atomic mass is 9.84. The Bertz CT molecular complexity index is 1250. The zero-order chi connectivity index (χ0) is 25.8. The first-order valence-corrected chi connectivity index (χ1v) is 12.8. The summed E-state index contributed by atoms with van der Waals surface area (Å²) in [4.78, 5) is 13.0. The minimum absolute atomic E-state index is 0.0467. The molecule has 3 aromatic carbocycles. The number of hydrogen-bond acceptors (Lipinski definition) is 6. The van der Waals surface area contributed by atoms with Crippen molar-refractivity contribution in [2.45, 2.75) is 51.0 Å². The van der Waals surface area contributed by atoms with Gasteiger partial charge in [-0.15, -0.1) is 0 Å². The third-order valence-corrected chi connectivity index (χ3v) is 7.49. The van der Waals surface area contributed by atoms with Gasteiger partial charge in [-0.25, -0.2) is 4.39 Å². The van der Waals surface area contributed by atoms with Gasteiger partial charge < -0.3 is 24.8 Å². The molecule has 0 aromatic heterocycles. The standard InChI is InChI=1S/C30H33FN2O4/c1-21(32)26-6-4-7-27(29(26)31)24-15-22(18-36-28-8-3-2-5-23(28)19-35-20-34)16-25(17-24)33-12-9-30(10-13-33)11-14-37-30/h2-8,15-17,20-21H,9-14,18-19,32H2,1H3/t21-/m0/s1. The van der Waals surface area contributed by atoms with E-state index >= 15 is 4.39 Å². The molecular formula is C30H33FN2O4. The van der Waals surface area contributed by atoms with E-state index in [0.717, 1.165) is 61.3 Å². The van der Waals surface area contributed by atoms with Crippen molar-refractivity contribution in [1.29, 1.82) is 0 Å². The van der Waals surface area contributed by atoms with E-state index in [4.69, 9.17) is 19.9 Å². The van der Waals surface area contributed by atoms with Crippen LogP contribution in [0.15, 0.2) is 60.7 Å². The summed E-state index contributed by atoms with van der Waals surface area (Å²) in [6.07, 6.45) is 3.10. The van der Waals surface area contributed by atoms with E-state index in [2.05, 4.69) is 17.0 Å². The first-order chi connectivity index (χ1) is 18.0. The highest BCUT2D eigenvalue weighted by atomic mass is 19.1. The summed E-state index contributed by atoms with van der Waals surface area (Å²) < 4.78 is 32.5. The molecule has 0 aliphatic carbocycles. The molecule has 0 bridgehead atoms. The maximum absolute atomic E-state index is 15.5. The smallest absolute Gasteiger partial charge is 0.293 e. The van der Waals surface area contributed by atoms with E-state index in [-0.39, 0.29) is 24.6 Å². The van der Waals surface area contributed by atoms with Crippen LogP contribution in [-0.4, -0.2) is 31.8 Å². The zero-order valence-corrected chi connectivity index (χ0v) is 21.1. The highest BCUT2D eigenvalue weighted by Crippen LogP contribution is 2.39. The Hall–Kier alpha value is -3.42. The van der Waals surface area contributed by atoms with Crippen molar-refractivity contribution in [1.82, 2.24) is 0 Å². The number of ether oxygens (including phenoxy) is 3. The number of para-hydroxylation sites is 1. The highest BCUT2D eigenvalue weighted by molar-refractivity contribution is 5.71. The fourth-order valence-electron chi connectivity index (χ4n) is 5.23. The van der Waals surface area contributed by atoms with E-state index in [0.29, 0.717) is 23.3 Å². The van der Waals surface area contributed by atoms with Crippen LogP contribution < -0.4 is 15.4 Å². The summed E-state index contributed by atoms with van der Waals surface area (Å²) in [6.45, 7) is 5.26. The van der Waals surface area contributed by atoms with Gasteiger partial charge in [0.25, 0.3) is 6.47 Å². The molecule has 6 nitrogen and oxygen atoms in total. The fourth-order valence-corrected chi connectivity index (χ4v) is 5.23. The predicted octanol–water partition coefficient (Wildman–Crippen LogP) is 5.52. The molecule has 1 atom stereocenters. The monoisotopic (exact) mass is 504 g/mol. The van der Waals surface area contributed by atoms with E-state index in [1.54, 1.807) is 19.1 Å². The van der Waals surface area contributed by atoms with Crippen LogP contribution in [0.2, 0.25) is 0 Å². The number of anilines is 1. The third-order valence-electron chi connectivity index (χ3n) is 7.49. The number of nitrogens with two attached hydrogens (primary N) is 1. The van der Waals surface area contributed by atoms with Crippen LogP contribution in [0.4, 0.5) is 10.1 Å². The molecule has 7 heteroatoms. The molecule has 194 valence electrons. The SMILES string of the molecule is C[C@H](N)c1cccc(-c2cc(COc3ccccc3COC=O)cc(N3CCC4(CCO4)CC3)c2)c1F.